The zero-order valence-electron chi connectivity index (χ0n) is 11.1. The molecule has 0 bridgehead atoms. The summed E-state index contributed by atoms with van der Waals surface area (Å²) in [4.78, 5) is 26.7. The first kappa shape index (κ1) is 14.9. The molecule has 0 aliphatic heterocycles. The van der Waals surface area contributed by atoms with Gasteiger partial charge in [-0.3, -0.25) is 4.98 Å². The minimum Gasteiger partial charge on any atom is -0.480 e. The monoisotopic (exact) mass is 267 g/mol. The molecule has 104 valence electrons. The van der Waals surface area contributed by atoms with Gasteiger partial charge in [-0.2, -0.15) is 0 Å². The van der Waals surface area contributed by atoms with E-state index in [1.54, 1.807) is 19.1 Å². The lowest BCUT2D eigenvalue weighted by Crippen LogP contribution is -2.45. The maximum atomic E-state index is 11.7. The number of aliphatic carboxylic acids is 1. The van der Waals surface area contributed by atoms with Gasteiger partial charge in [0, 0.05) is 12.8 Å². The third kappa shape index (κ3) is 4.55. The van der Waals surface area contributed by atoms with E-state index >= 15 is 0 Å². The SMILES string of the molecule is COCC(NC(=O)Nc1ccc(C)nc1C)C(=O)O. The zero-order valence-corrected chi connectivity index (χ0v) is 11.1. The number of hydrogen-bond acceptors (Lipinski definition) is 4. The second kappa shape index (κ2) is 6.69. The molecule has 1 aromatic rings. The van der Waals surface area contributed by atoms with E-state index in [4.69, 9.17) is 9.84 Å². The van der Waals surface area contributed by atoms with Gasteiger partial charge in [0.2, 0.25) is 0 Å². The van der Waals surface area contributed by atoms with Crippen LogP contribution in [-0.2, 0) is 9.53 Å². The average Bonchev–Trinajstić information content (AvgIpc) is 2.32. The molecule has 0 aliphatic carbocycles. The van der Waals surface area contributed by atoms with Crippen molar-refractivity contribution in [3.05, 3.63) is 23.5 Å². The van der Waals surface area contributed by atoms with E-state index in [-0.39, 0.29) is 6.61 Å². The van der Waals surface area contributed by atoms with Gasteiger partial charge in [0.1, 0.15) is 0 Å². The molecule has 0 aliphatic rings. The summed E-state index contributed by atoms with van der Waals surface area (Å²) in [6.07, 6.45) is 0. The fourth-order valence-electron chi connectivity index (χ4n) is 1.48. The number of rotatable bonds is 5. The Balaban J connectivity index is 2.66. The summed E-state index contributed by atoms with van der Waals surface area (Å²) in [6, 6.07) is 1.76. The van der Waals surface area contributed by atoms with Crippen LogP contribution in [0.15, 0.2) is 12.1 Å². The number of nitrogens with zero attached hydrogens (tertiary/aromatic N) is 1. The van der Waals surface area contributed by atoms with Crippen molar-refractivity contribution in [3.8, 4) is 0 Å². The van der Waals surface area contributed by atoms with E-state index in [0.717, 1.165) is 5.69 Å². The van der Waals surface area contributed by atoms with Gasteiger partial charge in [0.25, 0.3) is 0 Å². The average molecular weight is 267 g/mol. The summed E-state index contributed by atoms with van der Waals surface area (Å²) < 4.78 is 4.72. The van der Waals surface area contributed by atoms with E-state index < -0.39 is 18.0 Å². The lowest BCUT2D eigenvalue weighted by molar-refractivity contribution is -0.140. The third-order valence-corrected chi connectivity index (χ3v) is 2.41. The molecule has 1 aromatic heterocycles. The van der Waals surface area contributed by atoms with Crippen molar-refractivity contribution in [2.45, 2.75) is 19.9 Å². The molecule has 7 heteroatoms. The molecule has 2 amide bonds. The maximum Gasteiger partial charge on any atom is 0.328 e. The van der Waals surface area contributed by atoms with Crippen molar-refractivity contribution < 1.29 is 19.4 Å². The molecule has 0 saturated carbocycles. The summed E-state index contributed by atoms with van der Waals surface area (Å²) in [5.41, 5.74) is 2.03. The van der Waals surface area contributed by atoms with E-state index in [1.165, 1.54) is 7.11 Å². The second-order valence-electron chi connectivity index (χ2n) is 4.03. The van der Waals surface area contributed by atoms with Crippen molar-refractivity contribution in [1.29, 1.82) is 0 Å². The van der Waals surface area contributed by atoms with Gasteiger partial charge in [-0.15, -0.1) is 0 Å². The van der Waals surface area contributed by atoms with Crippen LogP contribution in [0.1, 0.15) is 11.4 Å². The summed E-state index contributed by atoms with van der Waals surface area (Å²) in [7, 11) is 1.36. The van der Waals surface area contributed by atoms with Gasteiger partial charge in [-0.05, 0) is 26.0 Å². The molecule has 7 nitrogen and oxygen atoms in total. The van der Waals surface area contributed by atoms with Crippen LogP contribution in [0, 0.1) is 13.8 Å². The highest BCUT2D eigenvalue weighted by molar-refractivity contribution is 5.92. The van der Waals surface area contributed by atoms with Crippen molar-refractivity contribution in [1.82, 2.24) is 10.3 Å². The van der Waals surface area contributed by atoms with Gasteiger partial charge in [-0.1, -0.05) is 0 Å². The highest BCUT2D eigenvalue weighted by Gasteiger charge is 2.19. The number of aromatic nitrogens is 1. The quantitative estimate of drug-likeness (QED) is 0.736. The number of ether oxygens (including phenoxy) is 1. The fourth-order valence-corrected chi connectivity index (χ4v) is 1.48. The number of hydrogen-bond donors (Lipinski definition) is 3. The Kier molecular flexibility index (Phi) is 5.25. The Bertz CT molecular complexity index is 476. The summed E-state index contributed by atoms with van der Waals surface area (Å²) in [5.74, 6) is -1.16. The molecule has 0 fully saturated rings. The molecule has 0 saturated heterocycles. The van der Waals surface area contributed by atoms with Gasteiger partial charge in [-0.25, -0.2) is 9.59 Å². The highest BCUT2D eigenvalue weighted by atomic mass is 16.5. The molecule has 1 atom stereocenters. The van der Waals surface area contributed by atoms with Crippen LogP contribution < -0.4 is 10.6 Å². The van der Waals surface area contributed by atoms with Gasteiger partial charge in [0.15, 0.2) is 6.04 Å². The number of carbonyl (C=O) groups is 2. The number of carbonyl (C=O) groups excluding carboxylic acids is 1. The Morgan fingerprint density at radius 2 is 2.11 bits per heavy atom. The largest absolute Gasteiger partial charge is 0.480 e. The van der Waals surface area contributed by atoms with E-state index in [2.05, 4.69) is 15.6 Å². The van der Waals surface area contributed by atoms with E-state index in [1.807, 2.05) is 6.92 Å². The van der Waals surface area contributed by atoms with Crippen LogP contribution in [0.2, 0.25) is 0 Å². The second-order valence-corrected chi connectivity index (χ2v) is 4.03. The molecule has 0 radical (unpaired) electrons. The normalized spacial score (nSPS) is 11.7. The van der Waals surface area contributed by atoms with Crippen molar-refractivity contribution in [2.24, 2.45) is 0 Å². The smallest absolute Gasteiger partial charge is 0.328 e. The lowest BCUT2D eigenvalue weighted by atomic mass is 10.3. The highest BCUT2D eigenvalue weighted by Crippen LogP contribution is 2.12. The number of amides is 2. The van der Waals surface area contributed by atoms with Crippen LogP contribution in [0.25, 0.3) is 0 Å². The first-order valence-electron chi connectivity index (χ1n) is 5.67. The molecule has 1 heterocycles. The molecule has 0 aromatic carbocycles. The standard InChI is InChI=1S/C12H17N3O4/c1-7-4-5-9(8(2)13-7)14-12(18)15-10(6-19-3)11(16)17/h4-5,10H,6H2,1-3H3,(H,16,17)(H2,14,15,18). The van der Waals surface area contributed by atoms with Crippen molar-refractivity contribution in [2.75, 3.05) is 19.0 Å². The molecular weight excluding hydrogens is 250 g/mol. The van der Waals surface area contributed by atoms with Crippen molar-refractivity contribution >= 4 is 17.7 Å². The van der Waals surface area contributed by atoms with Crippen LogP contribution in [0.5, 0.6) is 0 Å². The van der Waals surface area contributed by atoms with Crippen molar-refractivity contribution in [3.63, 3.8) is 0 Å². The van der Waals surface area contributed by atoms with Gasteiger partial charge >= 0.3 is 12.0 Å². The number of methoxy groups -OCH3 is 1. The number of aryl methyl sites for hydroxylation is 2. The molecule has 0 spiro atoms. The molecule has 3 N–H and O–H groups in total. The third-order valence-electron chi connectivity index (χ3n) is 2.41. The van der Waals surface area contributed by atoms with Crippen LogP contribution in [0.4, 0.5) is 10.5 Å². The van der Waals surface area contributed by atoms with Crippen LogP contribution in [0.3, 0.4) is 0 Å². The summed E-state index contributed by atoms with van der Waals surface area (Å²) >= 11 is 0. The maximum absolute atomic E-state index is 11.7. The predicted octanol–water partition coefficient (Wildman–Crippen LogP) is 0.920. The number of pyridine rings is 1. The Morgan fingerprint density at radius 1 is 1.42 bits per heavy atom. The van der Waals surface area contributed by atoms with E-state index in [9.17, 15) is 9.59 Å². The number of carboxylic acid groups (broad SMARTS) is 1. The zero-order chi connectivity index (χ0) is 14.4. The van der Waals surface area contributed by atoms with E-state index in [0.29, 0.717) is 11.4 Å². The number of anilines is 1. The molecule has 1 unspecified atom stereocenters. The lowest BCUT2D eigenvalue weighted by Gasteiger charge is -2.15. The summed E-state index contributed by atoms with van der Waals surface area (Å²) in [6.45, 7) is 3.50. The minimum absolute atomic E-state index is 0.103. The number of nitrogens with one attached hydrogen (secondary N) is 2. The molecule has 1 rings (SSSR count). The first-order chi connectivity index (χ1) is 8.93. The number of carboxylic acids is 1. The van der Waals surface area contributed by atoms with Crippen LogP contribution >= 0.6 is 0 Å². The fraction of sp³-hybridized carbons (Fsp3) is 0.417. The molecular formula is C12H17N3O4. The first-order valence-corrected chi connectivity index (χ1v) is 5.67. The van der Waals surface area contributed by atoms with Gasteiger partial charge < -0.3 is 20.5 Å². The minimum atomic E-state index is -1.16. The van der Waals surface area contributed by atoms with Gasteiger partial charge in [0.05, 0.1) is 18.0 Å². The topological polar surface area (TPSA) is 101 Å². The molecule has 19 heavy (non-hydrogen) atoms. The Hall–Kier alpha value is -2.15. The number of urea groups is 1. The Morgan fingerprint density at radius 3 is 2.63 bits per heavy atom. The summed E-state index contributed by atoms with van der Waals surface area (Å²) in [5, 5.41) is 13.7. The Labute approximate surface area is 111 Å². The van der Waals surface area contributed by atoms with Crippen LogP contribution in [-0.4, -0.2) is 41.8 Å². The predicted molar refractivity (Wildman–Crippen MR) is 69.2 cm³/mol.